The van der Waals surface area contributed by atoms with Gasteiger partial charge < -0.3 is 9.80 Å². The summed E-state index contributed by atoms with van der Waals surface area (Å²) in [6, 6.07) is -0.353. The molecule has 148 valence electrons. The number of hydrogen-bond acceptors (Lipinski definition) is 4. The fourth-order valence-corrected chi connectivity index (χ4v) is 4.95. The Morgan fingerprint density at radius 2 is 2.07 bits per heavy atom. The van der Waals surface area contributed by atoms with Gasteiger partial charge in [0.05, 0.1) is 11.6 Å². The van der Waals surface area contributed by atoms with Crippen molar-refractivity contribution in [2.75, 3.05) is 24.7 Å². The number of likely N-dealkylation sites (tertiary alicyclic amines) is 1. The van der Waals surface area contributed by atoms with E-state index in [1.54, 1.807) is 27.4 Å². The third kappa shape index (κ3) is 4.51. The first-order valence-corrected chi connectivity index (χ1v) is 11.1. The Kier molecular flexibility index (Phi) is 6.87. The van der Waals surface area contributed by atoms with Crippen molar-refractivity contribution in [1.82, 2.24) is 19.6 Å². The average molecular weight is 411 g/mol. The summed E-state index contributed by atoms with van der Waals surface area (Å²) in [5.74, 6) is 1.16. The molecule has 0 N–H and O–H groups in total. The van der Waals surface area contributed by atoms with Crippen LogP contribution in [-0.4, -0.2) is 62.2 Å². The molecule has 1 aromatic rings. The van der Waals surface area contributed by atoms with Crippen LogP contribution < -0.4 is 0 Å². The molecule has 2 saturated heterocycles. The van der Waals surface area contributed by atoms with E-state index in [2.05, 4.69) is 12.0 Å². The van der Waals surface area contributed by atoms with Crippen LogP contribution in [-0.2, 0) is 16.1 Å². The van der Waals surface area contributed by atoms with Crippen LogP contribution in [0, 0.1) is 6.92 Å². The number of carbonyl (C=O) groups is 2. The van der Waals surface area contributed by atoms with Crippen LogP contribution >= 0.6 is 23.4 Å². The number of halogens is 1. The number of thioether (sulfide) groups is 1. The third-order valence-electron chi connectivity index (χ3n) is 5.09. The summed E-state index contributed by atoms with van der Waals surface area (Å²) in [7, 11) is 0. The third-order valence-corrected chi connectivity index (χ3v) is 6.50. The summed E-state index contributed by atoms with van der Waals surface area (Å²) >= 11 is 8.06. The van der Waals surface area contributed by atoms with E-state index in [-0.39, 0.29) is 17.9 Å². The Balaban J connectivity index is 1.69. The number of rotatable bonds is 6. The largest absolute Gasteiger partial charge is 0.341 e. The van der Waals surface area contributed by atoms with Crippen molar-refractivity contribution in [3.8, 4) is 0 Å². The van der Waals surface area contributed by atoms with E-state index in [4.69, 9.17) is 11.6 Å². The standard InChI is InChI=1S/C19H27ClN4O2S/c1-3-4-11-24-18(20)15(14(2)21-24)7-8-17(25)23-13-27-12-16(23)19(26)22-9-5-6-10-22/h7-8,16H,3-6,9-13H2,1-2H3. The van der Waals surface area contributed by atoms with Gasteiger partial charge in [-0.3, -0.25) is 14.3 Å². The molecule has 0 aromatic carbocycles. The highest BCUT2D eigenvalue weighted by atomic mass is 35.5. The first-order valence-electron chi connectivity index (χ1n) is 9.61. The van der Waals surface area contributed by atoms with Crippen molar-refractivity contribution in [2.45, 2.75) is 52.1 Å². The van der Waals surface area contributed by atoms with Gasteiger partial charge in [-0.05, 0) is 32.3 Å². The second kappa shape index (κ2) is 9.15. The summed E-state index contributed by atoms with van der Waals surface area (Å²) in [4.78, 5) is 29.0. The van der Waals surface area contributed by atoms with Gasteiger partial charge in [0.15, 0.2) is 0 Å². The van der Waals surface area contributed by atoms with E-state index < -0.39 is 0 Å². The molecule has 2 aliphatic heterocycles. The average Bonchev–Trinajstić information content (AvgIpc) is 3.39. The Morgan fingerprint density at radius 1 is 1.33 bits per heavy atom. The zero-order chi connectivity index (χ0) is 19.4. The summed E-state index contributed by atoms with van der Waals surface area (Å²) in [5, 5.41) is 5.02. The van der Waals surface area contributed by atoms with Gasteiger partial charge in [-0.1, -0.05) is 24.9 Å². The SMILES string of the molecule is CCCCn1nc(C)c(C=CC(=O)N2CSCC2C(=O)N2CCCC2)c1Cl. The fraction of sp³-hybridized carbons (Fsp3) is 0.632. The summed E-state index contributed by atoms with van der Waals surface area (Å²) in [5.41, 5.74) is 1.58. The van der Waals surface area contributed by atoms with Crippen molar-refractivity contribution in [1.29, 1.82) is 0 Å². The minimum atomic E-state index is -0.353. The number of aryl methyl sites for hydroxylation is 2. The topological polar surface area (TPSA) is 58.4 Å². The number of hydrogen-bond donors (Lipinski definition) is 0. The highest BCUT2D eigenvalue weighted by molar-refractivity contribution is 7.99. The number of unbranched alkanes of at least 4 members (excludes halogenated alkanes) is 1. The van der Waals surface area contributed by atoms with Crippen LogP contribution in [0.4, 0.5) is 0 Å². The lowest BCUT2D eigenvalue weighted by atomic mass is 10.2. The molecule has 1 aromatic heterocycles. The Bertz CT molecular complexity index is 728. The van der Waals surface area contributed by atoms with Crippen LogP contribution in [0.3, 0.4) is 0 Å². The fourth-order valence-electron chi connectivity index (χ4n) is 3.48. The lowest BCUT2D eigenvalue weighted by molar-refractivity contribution is -0.140. The first-order chi connectivity index (χ1) is 13.0. The maximum atomic E-state index is 12.7. The molecular formula is C19H27ClN4O2S. The van der Waals surface area contributed by atoms with Gasteiger partial charge >= 0.3 is 0 Å². The van der Waals surface area contributed by atoms with Gasteiger partial charge in [0, 0.05) is 37.0 Å². The van der Waals surface area contributed by atoms with E-state index in [9.17, 15) is 9.59 Å². The minimum absolute atomic E-state index is 0.0841. The molecule has 0 spiro atoms. The molecule has 0 aliphatic carbocycles. The van der Waals surface area contributed by atoms with Crippen LogP contribution in [0.25, 0.3) is 6.08 Å². The second-order valence-electron chi connectivity index (χ2n) is 7.06. The van der Waals surface area contributed by atoms with Gasteiger partial charge in [0.1, 0.15) is 11.2 Å². The zero-order valence-electron chi connectivity index (χ0n) is 16.0. The molecule has 0 bridgehead atoms. The Morgan fingerprint density at radius 3 is 2.78 bits per heavy atom. The molecule has 27 heavy (non-hydrogen) atoms. The molecule has 2 amide bonds. The number of aromatic nitrogens is 2. The lowest BCUT2D eigenvalue weighted by Gasteiger charge is -2.26. The van der Waals surface area contributed by atoms with Gasteiger partial charge in [-0.15, -0.1) is 11.8 Å². The van der Waals surface area contributed by atoms with Gasteiger partial charge in [0.25, 0.3) is 0 Å². The van der Waals surface area contributed by atoms with Gasteiger partial charge in [-0.25, -0.2) is 0 Å². The summed E-state index contributed by atoms with van der Waals surface area (Å²) in [6.07, 6.45) is 7.44. The van der Waals surface area contributed by atoms with Crippen molar-refractivity contribution in [2.24, 2.45) is 0 Å². The quantitative estimate of drug-likeness (QED) is 0.676. The second-order valence-corrected chi connectivity index (χ2v) is 8.41. The van der Waals surface area contributed by atoms with Crippen LogP contribution in [0.1, 0.15) is 43.9 Å². The van der Waals surface area contributed by atoms with Gasteiger partial charge in [0.2, 0.25) is 11.8 Å². The molecule has 3 heterocycles. The predicted octanol–water partition coefficient (Wildman–Crippen LogP) is 3.18. The molecule has 2 aliphatic rings. The first kappa shape index (κ1) is 20.3. The molecular weight excluding hydrogens is 384 g/mol. The van der Waals surface area contributed by atoms with E-state index in [0.717, 1.165) is 56.6 Å². The Hall–Kier alpha value is -1.47. The van der Waals surface area contributed by atoms with E-state index in [1.165, 1.54) is 6.08 Å². The number of amides is 2. The Labute approximate surface area is 169 Å². The van der Waals surface area contributed by atoms with Crippen molar-refractivity contribution in [3.05, 3.63) is 22.5 Å². The van der Waals surface area contributed by atoms with E-state index in [1.807, 2.05) is 11.8 Å². The van der Waals surface area contributed by atoms with Gasteiger partial charge in [-0.2, -0.15) is 5.10 Å². The molecule has 2 fully saturated rings. The highest BCUT2D eigenvalue weighted by Gasteiger charge is 2.36. The lowest BCUT2D eigenvalue weighted by Crippen LogP contribution is -2.47. The van der Waals surface area contributed by atoms with Crippen LogP contribution in [0.5, 0.6) is 0 Å². The van der Waals surface area contributed by atoms with Crippen molar-refractivity contribution in [3.63, 3.8) is 0 Å². The monoisotopic (exact) mass is 410 g/mol. The number of carbonyl (C=O) groups excluding carboxylic acids is 2. The summed E-state index contributed by atoms with van der Waals surface area (Å²) < 4.78 is 1.79. The van der Waals surface area contributed by atoms with Crippen molar-refractivity contribution >= 4 is 41.3 Å². The number of nitrogens with zero attached hydrogens (tertiary/aromatic N) is 4. The van der Waals surface area contributed by atoms with E-state index >= 15 is 0 Å². The van der Waals surface area contributed by atoms with E-state index in [0.29, 0.717) is 16.8 Å². The highest BCUT2D eigenvalue weighted by Crippen LogP contribution is 2.26. The smallest absolute Gasteiger partial charge is 0.247 e. The maximum Gasteiger partial charge on any atom is 0.247 e. The molecule has 0 saturated carbocycles. The predicted molar refractivity (Wildman–Crippen MR) is 110 cm³/mol. The minimum Gasteiger partial charge on any atom is -0.341 e. The molecule has 6 nitrogen and oxygen atoms in total. The maximum absolute atomic E-state index is 12.7. The molecule has 8 heteroatoms. The normalized spacial score (nSPS) is 20.2. The zero-order valence-corrected chi connectivity index (χ0v) is 17.6. The molecule has 1 unspecified atom stereocenters. The molecule has 3 rings (SSSR count). The molecule has 0 radical (unpaired) electrons. The molecule has 1 atom stereocenters. The van der Waals surface area contributed by atoms with Crippen LogP contribution in [0.2, 0.25) is 5.15 Å². The van der Waals surface area contributed by atoms with Crippen LogP contribution in [0.15, 0.2) is 6.08 Å². The summed E-state index contributed by atoms with van der Waals surface area (Å²) in [6.45, 7) is 6.40. The van der Waals surface area contributed by atoms with Crippen molar-refractivity contribution < 1.29 is 9.59 Å².